The Morgan fingerprint density at radius 2 is 1.89 bits per heavy atom. The van der Waals surface area contributed by atoms with Gasteiger partial charge in [-0.25, -0.2) is 4.98 Å². The minimum Gasteiger partial charge on any atom is -0.493 e. The second kappa shape index (κ2) is 10.1. The molecule has 3 aromatic heterocycles. The van der Waals surface area contributed by atoms with E-state index in [1.54, 1.807) is 21.3 Å². The van der Waals surface area contributed by atoms with Gasteiger partial charge in [0.1, 0.15) is 11.2 Å². The summed E-state index contributed by atoms with van der Waals surface area (Å²) >= 11 is 3.46. The summed E-state index contributed by atoms with van der Waals surface area (Å²) < 4.78 is 4.29. The molecule has 3 heterocycles. The highest BCUT2D eigenvalue weighted by molar-refractivity contribution is 9.10. The van der Waals surface area contributed by atoms with Crippen molar-refractivity contribution in [3.05, 3.63) is 62.5 Å². The number of hydrogen-bond donors (Lipinski definition) is 1. The minimum atomic E-state index is -0.779. The number of amides is 1. The number of fused-ring (bicyclic) bond motifs is 2. The van der Waals surface area contributed by atoms with Crippen LogP contribution < -0.4 is 5.43 Å². The average molecular weight is 539 g/mol. The van der Waals surface area contributed by atoms with Gasteiger partial charge in [0.25, 0.3) is 0 Å². The molecule has 0 aliphatic rings. The van der Waals surface area contributed by atoms with Crippen molar-refractivity contribution in [1.29, 1.82) is 0 Å². The zero-order valence-electron chi connectivity index (χ0n) is 20.1. The predicted octanol–water partition coefficient (Wildman–Crippen LogP) is 5.37. The van der Waals surface area contributed by atoms with Crippen molar-refractivity contribution in [3.63, 3.8) is 0 Å². The number of carbonyl (C=O) groups is 1. The first-order valence-electron chi connectivity index (χ1n) is 11.5. The standard InChI is InChI=1S/C25H27BrN6O3/c1-5-30(6-2)14-32-20-11-9-16(26)12-18(20)21(25(32)35)28-29-24(34)19-13-31(7-3)23-17(22(19)33)10-8-15(4)27-23/h8-13,35H,5-7,14H2,1-4H3. The molecule has 182 valence electrons. The molecule has 0 atom stereocenters. The largest absolute Gasteiger partial charge is 0.493 e. The lowest BCUT2D eigenvalue weighted by molar-refractivity contribution is 0.0993. The Morgan fingerprint density at radius 3 is 2.57 bits per heavy atom. The van der Waals surface area contributed by atoms with Crippen LogP contribution in [0.1, 0.15) is 36.8 Å². The smallest absolute Gasteiger partial charge is 0.300 e. The van der Waals surface area contributed by atoms with Crippen LogP contribution in [-0.4, -0.2) is 43.1 Å². The lowest BCUT2D eigenvalue weighted by Gasteiger charge is -2.20. The fourth-order valence-electron chi connectivity index (χ4n) is 4.06. The third-order valence-corrected chi connectivity index (χ3v) is 6.57. The third kappa shape index (κ3) is 4.63. The van der Waals surface area contributed by atoms with Gasteiger partial charge in [0.2, 0.25) is 11.3 Å². The Labute approximate surface area is 210 Å². The van der Waals surface area contributed by atoms with E-state index >= 15 is 0 Å². The molecule has 1 amide bonds. The molecule has 1 N–H and O–H groups in total. The van der Waals surface area contributed by atoms with Crippen LogP contribution in [0.5, 0.6) is 5.88 Å². The zero-order valence-corrected chi connectivity index (χ0v) is 21.7. The lowest BCUT2D eigenvalue weighted by atomic mass is 10.1. The summed E-state index contributed by atoms with van der Waals surface area (Å²) in [6, 6.07) is 8.98. The molecule has 0 saturated heterocycles. The van der Waals surface area contributed by atoms with Crippen LogP contribution >= 0.6 is 15.9 Å². The molecule has 35 heavy (non-hydrogen) atoms. The number of hydrogen-bond acceptors (Lipinski definition) is 6. The summed E-state index contributed by atoms with van der Waals surface area (Å²) in [7, 11) is 0. The molecule has 10 heteroatoms. The first kappa shape index (κ1) is 24.7. The maximum Gasteiger partial charge on any atom is 0.300 e. The maximum atomic E-state index is 13.0. The molecule has 0 fully saturated rings. The maximum absolute atomic E-state index is 13.0. The van der Waals surface area contributed by atoms with Crippen LogP contribution in [0.2, 0.25) is 0 Å². The first-order valence-corrected chi connectivity index (χ1v) is 12.3. The van der Waals surface area contributed by atoms with Crippen LogP contribution in [-0.2, 0) is 13.2 Å². The Hall–Kier alpha value is -3.37. The SMILES string of the molecule is CCN(CC)Cn1c(O)c(N=NC(=O)c2cn(CC)c3nc(C)ccc3c2=O)c2cc(Br)ccc21. The van der Waals surface area contributed by atoms with Crippen molar-refractivity contribution in [1.82, 2.24) is 19.0 Å². The van der Waals surface area contributed by atoms with E-state index in [0.29, 0.717) is 29.6 Å². The van der Waals surface area contributed by atoms with E-state index in [1.807, 2.05) is 45.9 Å². The summed E-state index contributed by atoms with van der Waals surface area (Å²) in [6.07, 6.45) is 1.47. The Kier molecular flexibility index (Phi) is 7.13. The van der Waals surface area contributed by atoms with Gasteiger partial charge in [-0.1, -0.05) is 29.8 Å². The van der Waals surface area contributed by atoms with Gasteiger partial charge >= 0.3 is 5.91 Å². The minimum absolute atomic E-state index is 0.0919. The van der Waals surface area contributed by atoms with Crippen molar-refractivity contribution < 1.29 is 9.90 Å². The molecule has 4 aromatic rings. The molecule has 9 nitrogen and oxygen atoms in total. The lowest BCUT2D eigenvalue weighted by Crippen LogP contribution is -2.25. The van der Waals surface area contributed by atoms with Gasteiger partial charge in [-0.15, -0.1) is 10.2 Å². The average Bonchev–Trinajstić information content (AvgIpc) is 3.10. The van der Waals surface area contributed by atoms with Crippen molar-refractivity contribution in [2.45, 2.75) is 40.9 Å². The molecular formula is C25H27BrN6O3. The quantitative estimate of drug-likeness (QED) is 0.318. The zero-order chi connectivity index (χ0) is 25.3. The molecule has 0 radical (unpaired) electrons. The van der Waals surface area contributed by atoms with E-state index in [-0.39, 0.29) is 17.1 Å². The third-order valence-electron chi connectivity index (χ3n) is 6.08. The van der Waals surface area contributed by atoms with Crippen LogP contribution in [0.4, 0.5) is 5.69 Å². The van der Waals surface area contributed by atoms with Gasteiger partial charge in [0, 0.05) is 28.3 Å². The van der Waals surface area contributed by atoms with E-state index in [2.05, 4.69) is 36.0 Å². The van der Waals surface area contributed by atoms with E-state index in [4.69, 9.17) is 0 Å². The number of rotatable bonds is 7. The van der Waals surface area contributed by atoms with E-state index < -0.39 is 11.3 Å². The van der Waals surface area contributed by atoms with Crippen LogP contribution in [0.25, 0.3) is 21.9 Å². The Balaban J connectivity index is 1.80. The predicted molar refractivity (Wildman–Crippen MR) is 139 cm³/mol. The topological polar surface area (TPSA) is 105 Å². The van der Waals surface area contributed by atoms with Gasteiger partial charge in [0.05, 0.1) is 17.6 Å². The highest BCUT2D eigenvalue weighted by atomic mass is 79.9. The summed E-state index contributed by atoms with van der Waals surface area (Å²) in [4.78, 5) is 32.6. The van der Waals surface area contributed by atoms with E-state index in [9.17, 15) is 14.7 Å². The van der Waals surface area contributed by atoms with Crippen molar-refractivity contribution in [2.75, 3.05) is 13.1 Å². The molecule has 1 aromatic carbocycles. The number of pyridine rings is 2. The van der Waals surface area contributed by atoms with Gasteiger partial charge in [0.15, 0.2) is 5.69 Å². The number of carbonyl (C=O) groups excluding carboxylic acids is 1. The summed E-state index contributed by atoms with van der Waals surface area (Å²) in [6.45, 7) is 10.4. The van der Waals surface area contributed by atoms with Crippen LogP contribution in [0.3, 0.4) is 0 Å². The summed E-state index contributed by atoms with van der Waals surface area (Å²) in [5.74, 6) is -0.871. The number of aromatic hydroxyl groups is 1. The fourth-order valence-corrected chi connectivity index (χ4v) is 4.42. The molecular weight excluding hydrogens is 512 g/mol. The Bertz CT molecular complexity index is 1520. The fraction of sp³-hybridized carbons (Fsp3) is 0.320. The summed E-state index contributed by atoms with van der Waals surface area (Å²) in [5.41, 5.74) is 1.70. The number of halogens is 1. The van der Waals surface area contributed by atoms with Crippen LogP contribution in [0, 0.1) is 6.92 Å². The van der Waals surface area contributed by atoms with E-state index in [1.165, 1.54) is 6.20 Å². The molecule has 0 aliphatic heterocycles. The van der Waals surface area contributed by atoms with Crippen LogP contribution in [0.15, 0.2) is 56.0 Å². The second-order valence-corrected chi connectivity index (χ2v) is 9.11. The number of benzene rings is 1. The first-order chi connectivity index (χ1) is 16.8. The van der Waals surface area contributed by atoms with Gasteiger partial charge < -0.3 is 9.67 Å². The Morgan fingerprint density at radius 1 is 1.14 bits per heavy atom. The normalized spacial score (nSPS) is 11.9. The molecule has 4 rings (SSSR count). The number of aryl methyl sites for hydroxylation is 2. The second-order valence-electron chi connectivity index (χ2n) is 8.19. The molecule has 0 saturated carbocycles. The highest BCUT2D eigenvalue weighted by Crippen LogP contribution is 2.40. The highest BCUT2D eigenvalue weighted by Gasteiger charge is 2.20. The summed E-state index contributed by atoms with van der Waals surface area (Å²) in [5, 5.41) is 20.0. The van der Waals surface area contributed by atoms with Gasteiger partial charge in [-0.3, -0.25) is 19.1 Å². The van der Waals surface area contributed by atoms with E-state index in [0.717, 1.165) is 28.8 Å². The molecule has 0 unspecified atom stereocenters. The number of azo groups is 1. The van der Waals surface area contributed by atoms with Gasteiger partial charge in [-0.2, -0.15) is 0 Å². The van der Waals surface area contributed by atoms with Crippen molar-refractivity contribution >= 4 is 49.5 Å². The monoisotopic (exact) mass is 538 g/mol. The number of aromatic nitrogens is 3. The van der Waals surface area contributed by atoms with Crippen molar-refractivity contribution in [3.8, 4) is 5.88 Å². The van der Waals surface area contributed by atoms with Gasteiger partial charge in [-0.05, 0) is 57.3 Å². The number of nitrogens with zero attached hydrogens (tertiary/aromatic N) is 6. The molecule has 0 bridgehead atoms. The molecule has 0 aliphatic carbocycles. The van der Waals surface area contributed by atoms with Crippen molar-refractivity contribution in [2.24, 2.45) is 10.2 Å². The molecule has 0 spiro atoms.